The van der Waals surface area contributed by atoms with Gasteiger partial charge in [-0.2, -0.15) is 0 Å². The Bertz CT molecular complexity index is 2870. The number of piperazine rings is 2. The predicted octanol–water partition coefficient (Wildman–Crippen LogP) is 9.98. The highest BCUT2D eigenvalue weighted by Gasteiger charge is 2.28. The summed E-state index contributed by atoms with van der Waals surface area (Å²) in [5.41, 5.74) is 9.73. The number of hydrogen-bond donors (Lipinski definition) is 2. The quantitative estimate of drug-likeness (QED) is 0.176. The summed E-state index contributed by atoms with van der Waals surface area (Å²) >= 11 is 9.99. The Labute approximate surface area is 379 Å². The van der Waals surface area contributed by atoms with E-state index in [0.717, 1.165) is 49.5 Å². The van der Waals surface area contributed by atoms with Crippen LogP contribution >= 0.6 is 35.1 Å². The van der Waals surface area contributed by atoms with Crippen LogP contribution in [0.4, 0.5) is 22.7 Å². The molecule has 2 N–H and O–H groups in total. The van der Waals surface area contributed by atoms with Crippen molar-refractivity contribution in [3.8, 4) is 11.1 Å². The van der Waals surface area contributed by atoms with E-state index < -0.39 is 0 Å². The van der Waals surface area contributed by atoms with Gasteiger partial charge in [0.1, 0.15) is 0 Å². The van der Waals surface area contributed by atoms with Crippen molar-refractivity contribution < 1.29 is 19.2 Å². The van der Waals surface area contributed by atoms with Gasteiger partial charge in [-0.1, -0.05) is 71.5 Å². The van der Waals surface area contributed by atoms with Crippen molar-refractivity contribution in [2.45, 2.75) is 33.4 Å². The van der Waals surface area contributed by atoms with Crippen LogP contribution < -0.4 is 20.4 Å². The molecule has 0 radical (unpaired) electrons. The van der Waals surface area contributed by atoms with Crippen LogP contribution in [0.1, 0.15) is 52.6 Å². The largest absolute Gasteiger partial charge is 0.368 e. The Kier molecular flexibility index (Phi) is 10.9. The third kappa shape index (κ3) is 8.03. The molecule has 13 heteroatoms. The van der Waals surface area contributed by atoms with E-state index in [4.69, 9.17) is 11.6 Å². The summed E-state index contributed by atoms with van der Waals surface area (Å²) in [6.07, 6.45) is 0. The molecule has 4 amide bonds. The fourth-order valence-corrected chi connectivity index (χ4v) is 11.0. The number of anilines is 4. The minimum absolute atomic E-state index is 0.0421. The second-order valence-corrected chi connectivity index (χ2v) is 18.8. The Hall–Kier alpha value is -6.21. The van der Waals surface area contributed by atoms with E-state index in [1.54, 1.807) is 18.2 Å². The number of carbonyl (C=O) groups excluding carboxylic acids is 4. The number of halogens is 1. The third-order valence-corrected chi connectivity index (χ3v) is 14.8. The molecule has 10 nitrogen and oxygen atoms in total. The first-order valence-electron chi connectivity index (χ1n) is 21.0. The summed E-state index contributed by atoms with van der Waals surface area (Å²) in [6.45, 7) is 9.30. The second-order valence-electron chi connectivity index (χ2n) is 16.3. The van der Waals surface area contributed by atoms with Gasteiger partial charge in [0, 0.05) is 100 Å². The highest BCUT2D eigenvalue weighted by Crippen LogP contribution is 2.43. The van der Waals surface area contributed by atoms with E-state index in [-0.39, 0.29) is 23.6 Å². The highest BCUT2D eigenvalue weighted by atomic mass is 35.5. The van der Waals surface area contributed by atoms with Crippen LogP contribution in [0, 0.1) is 13.8 Å². The second kappa shape index (κ2) is 16.8. The van der Waals surface area contributed by atoms with Crippen LogP contribution in [-0.2, 0) is 0 Å². The maximum absolute atomic E-state index is 13.8. The van der Waals surface area contributed by atoms with E-state index in [9.17, 15) is 19.2 Å². The Morgan fingerprint density at radius 3 is 1.75 bits per heavy atom. The first-order chi connectivity index (χ1) is 30.6. The highest BCUT2D eigenvalue weighted by molar-refractivity contribution is 8.00. The van der Waals surface area contributed by atoms with Crippen LogP contribution in [0.5, 0.6) is 0 Å². The fraction of sp³-hybridized carbons (Fsp3) is 0.200. The number of benzene rings is 6. The average Bonchev–Trinajstić information content (AvgIpc) is 3.54. The summed E-state index contributed by atoms with van der Waals surface area (Å²) in [5, 5.41) is 6.62. The van der Waals surface area contributed by atoms with E-state index in [1.165, 1.54) is 40.3 Å². The van der Waals surface area contributed by atoms with E-state index >= 15 is 0 Å². The van der Waals surface area contributed by atoms with Gasteiger partial charge in [-0.3, -0.25) is 19.2 Å². The minimum atomic E-state index is -0.245. The lowest BCUT2D eigenvalue weighted by atomic mass is 10.0. The monoisotopic (exact) mass is 890 g/mol. The molecular formula is C50H43ClN6O4S2. The molecule has 2 fully saturated rings. The number of nitrogens with one attached hydrogen (secondary N) is 2. The number of carbonyl (C=O) groups is 4. The topological polar surface area (TPSA) is 105 Å². The number of hydrogen-bond acceptors (Lipinski definition) is 8. The lowest BCUT2D eigenvalue weighted by molar-refractivity contribution is 0.0739. The summed E-state index contributed by atoms with van der Waals surface area (Å²) in [7, 11) is 0. The van der Waals surface area contributed by atoms with Crippen molar-refractivity contribution in [2.75, 3.05) is 72.8 Å². The lowest BCUT2D eigenvalue weighted by Gasteiger charge is -2.37. The maximum Gasteiger partial charge on any atom is 0.256 e. The molecule has 63 heavy (non-hydrogen) atoms. The van der Waals surface area contributed by atoms with Crippen LogP contribution in [0.2, 0.25) is 5.02 Å². The third-order valence-electron chi connectivity index (χ3n) is 12.2. The molecular weight excluding hydrogens is 848 g/mol. The molecule has 0 aromatic heterocycles. The smallest absolute Gasteiger partial charge is 0.256 e. The zero-order valence-corrected chi connectivity index (χ0v) is 37.1. The summed E-state index contributed by atoms with van der Waals surface area (Å²) < 4.78 is 0. The summed E-state index contributed by atoms with van der Waals surface area (Å²) in [5.74, 6) is -0.548. The Morgan fingerprint density at radius 2 is 1.11 bits per heavy atom. The van der Waals surface area contributed by atoms with Crippen LogP contribution in [0.15, 0.2) is 135 Å². The predicted molar refractivity (Wildman–Crippen MR) is 253 cm³/mol. The fourth-order valence-electron chi connectivity index (χ4n) is 8.70. The molecule has 4 aliphatic rings. The number of nitrogens with zero attached hydrogens (tertiary/aromatic N) is 4. The van der Waals surface area contributed by atoms with E-state index in [1.807, 2.05) is 88.7 Å². The van der Waals surface area contributed by atoms with Crippen LogP contribution in [-0.4, -0.2) is 85.8 Å². The first kappa shape index (κ1) is 40.8. The molecule has 6 aromatic carbocycles. The number of amides is 4. The summed E-state index contributed by atoms with van der Waals surface area (Å²) in [6, 6.07) is 36.8. The van der Waals surface area contributed by atoms with Gasteiger partial charge < -0.3 is 30.2 Å². The molecule has 0 aliphatic carbocycles. The molecule has 4 aliphatic heterocycles. The molecule has 0 unspecified atom stereocenters. The maximum atomic E-state index is 13.8. The zero-order valence-electron chi connectivity index (χ0n) is 34.7. The van der Waals surface area contributed by atoms with Gasteiger partial charge in [0.15, 0.2) is 0 Å². The van der Waals surface area contributed by atoms with Crippen LogP contribution in [0.25, 0.3) is 11.1 Å². The molecule has 0 atom stereocenters. The van der Waals surface area contributed by atoms with Crippen molar-refractivity contribution in [1.82, 2.24) is 9.80 Å². The van der Waals surface area contributed by atoms with Crippen molar-refractivity contribution in [3.63, 3.8) is 0 Å². The Balaban J connectivity index is 0.774. The first-order valence-corrected chi connectivity index (χ1v) is 23.0. The Morgan fingerprint density at radius 1 is 0.540 bits per heavy atom. The number of aryl methyl sites for hydroxylation is 2. The van der Waals surface area contributed by atoms with Gasteiger partial charge in [0.05, 0.1) is 27.5 Å². The molecule has 0 bridgehead atoms. The molecule has 6 aromatic rings. The lowest BCUT2D eigenvalue weighted by Crippen LogP contribution is -2.49. The SMILES string of the molecule is Cc1ccc(C)c(N2CCN(C(=O)c3ccc4c(c3)NC(=O)c3cc(-c5ccc(N6CCN(C(=O)c7ccc8c(c7)NC(=O)c7ccccc7S8)CC6)cc5Cl)ccc3S4)CC2)c1. The minimum Gasteiger partial charge on any atom is -0.368 e. The zero-order chi connectivity index (χ0) is 43.4. The molecule has 0 saturated carbocycles. The standard InChI is InChI=1S/C50H43ClN6O4S2/c1-30-7-8-31(2)42(25-30)55-19-23-57(24-20-55)50(61)34-11-16-46-41(28-34)53-48(59)38-26-32(9-14-44(38)63-46)36-13-12-35(29-39(36)51)54-17-21-56(22-18-54)49(60)33-10-15-45-40(27-33)52-47(58)37-5-3-4-6-43(37)62-45/h3-16,25-29H,17-24H2,1-2H3,(H,52,58)(H,53,59). The molecule has 4 heterocycles. The van der Waals surface area contributed by atoms with Crippen molar-refractivity contribution in [2.24, 2.45) is 0 Å². The van der Waals surface area contributed by atoms with E-state index in [0.29, 0.717) is 77.9 Å². The van der Waals surface area contributed by atoms with E-state index in [2.05, 4.69) is 52.5 Å². The van der Waals surface area contributed by atoms with Crippen molar-refractivity contribution >= 4 is 81.5 Å². The molecule has 10 rings (SSSR count). The molecule has 316 valence electrons. The normalized spacial score (nSPS) is 15.9. The van der Waals surface area contributed by atoms with Gasteiger partial charge in [0.25, 0.3) is 23.6 Å². The average molecular weight is 892 g/mol. The van der Waals surface area contributed by atoms with Gasteiger partial charge in [-0.15, -0.1) is 0 Å². The van der Waals surface area contributed by atoms with Crippen molar-refractivity contribution in [1.29, 1.82) is 0 Å². The van der Waals surface area contributed by atoms with Crippen molar-refractivity contribution in [3.05, 3.63) is 154 Å². The number of fused-ring (bicyclic) bond motifs is 4. The van der Waals surface area contributed by atoms with Gasteiger partial charge >= 0.3 is 0 Å². The molecule has 0 spiro atoms. The number of rotatable bonds is 5. The van der Waals surface area contributed by atoms with Gasteiger partial charge in [-0.05, 0) is 109 Å². The summed E-state index contributed by atoms with van der Waals surface area (Å²) in [4.78, 5) is 65.9. The van der Waals surface area contributed by atoms with Gasteiger partial charge in [-0.25, -0.2) is 0 Å². The van der Waals surface area contributed by atoms with Gasteiger partial charge in [0.2, 0.25) is 0 Å². The molecule has 2 saturated heterocycles. The van der Waals surface area contributed by atoms with Crippen LogP contribution in [0.3, 0.4) is 0 Å².